The topological polar surface area (TPSA) is 20.2 Å². The summed E-state index contributed by atoms with van der Waals surface area (Å²) in [6.07, 6.45) is 1.11. The minimum Gasteiger partial charge on any atom is -0.508 e. The Morgan fingerprint density at radius 1 is 1.50 bits per heavy atom. The van der Waals surface area contributed by atoms with Crippen molar-refractivity contribution in [1.29, 1.82) is 0 Å². The zero-order valence-electron chi connectivity index (χ0n) is 6.88. The average Bonchev–Trinajstić information content (AvgIpc) is 2.07. The molecular weight excluding hydrogens is 192 g/mol. The lowest BCUT2D eigenvalue weighted by Gasteiger charge is -2.02. The van der Waals surface area contributed by atoms with Gasteiger partial charge >= 0.3 is 0 Å². The Hall–Kier alpha value is -0.340. The first-order valence-corrected chi connectivity index (χ1v) is 5.21. The largest absolute Gasteiger partial charge is 0.508 e. The van der Waals surface area contributed by atoms with E-state index in [0.29, 0.717) is 5.02 Å². The molecule has 1 aromatic rings. The van der Waals surface area contributed by atoms with Crippen LogP contribution in [0.2, 0.25) is 5.02 Å². The van der Waals surface area contributed by atoms with Gasteiger partial charge in [-0.1, -0.05) is 18.5 Å². The fraction of sp³-hybridized carbons (Fsp3) is 0.333. The first-order valence-electron chi connectivity index (χ1n) is 3.85. The van der Waals surface area contributed by atoms with Crippen LogP contribution in [0.15, 0.2) is 23.1 Å². The SMILES string of the molecule is CCCSc1cc(O)ccc1Cl. The first kappa shape index (κ1) is 9.75. The molecule has 0 bridgehead atoms. The molecule has 0 spiro atoms. The highest BCUT2D eigenvalue weighted by Gasteiger charge is 2.00. The zero-order chi connectivity index (χ0) is 8.97. The minimum absolute atomic E-state index is 0.276. The number of hydrogen-bond donors (Lipinski definition) is 1. The average molecular weight is 203 g/mol. The molecule has 0 aliphatic carbocycles. The highest BCUT2D eigenvalue weighted by Crippen LogP contribution is 2.30. The van der Waals surface area contributed by atoms with E-state index in [9.17, 15) is 0 Å². The van der Waals surface area contributed by atoms with E-state index < -0.39 is 0 Å². The zero-order valence-corrected chi connectivity index (χ0v) is 8.45. The van der Waals surface area contributed by atoms with E-state index in [0.717, 1.165) is 17.1 Å². The third kappa shape index (κ3) is 2.61. The molecule has 1 N–H and O–H groups in total. The van der Waals surface area contributed by atoms with Crippen LogP contribution in [-0.2, 0) is 0 Å². The number of rotatable bonds is 3. The second kappa shape index (κ2) is 4.63. The van der Waals surface area contributed by atoms with E-state index >= 15 is 0 Å². The van der Waals surface area contributed by atoms with E-state index in [1.54, 1.807) is 30.0 Å². The van der Waals surface area contributed by atoms with Crippen molar-refractivity contribution < 1.29 is 5.11 Å². The predicted octanol–water partition coefficient (Wildman–Crippen LogP) is 3.55. The number of benzene rings is 1. The maximum atomic E-state index is 9.16. The van der Waals surface area contributed by atoms with Crippen molar-refractivity contribution in [3.8, 4) is 5.75 Å². The first-order chi connectivity index (χ1) is 5.74. The number of aromatic hydroxyl groups is 1. The van der Waals surface area contributed by atoms with Crippen LogP contribution in [0, 0.1) is 0 Å². The fourth-order valence-electron chi connectivity index (χ4n) is 0.815. The Labute approximate surface area is 81.7 Å². The van der Waals surface area contributed by atoms with Crippen molar-refractivity contribution in [1.82, 2.24) is 0 Å². The molecule has 0 heterocycles. The quantitative estimate of drug-likeness (QED) is 0.757. The van der Waals surface area contributed by atoms with Gasteiger partial charge in [0.2, 0.25) is 0 Å². The molecule has 0 saturated heterocycles. The third-order valence-corrected chi connectivity index (χ3v) is 3.08. The maximum absolute atomic E-state index is 9.16. The Morgan fingerprint density at radius 2 is 2.25 bits per heavy atom. The normalized spacial score (nSPS) is 10.2. The summed E-state index contributed by atoms with van der Waals surface area (Å²) < 4.78 is 0. The number of hydrogen-bond acceptors (Lipinski definition) is 2. The van der Waals surface area contributed by atoms with Gasteiger partial charge in [-0.05, 0) is 30.4 Å². The van der Waals surface area contributed by atoms with E-state index in [2.05, 4.69) is 6.92 Å². The standard InChI is InChI=1S/C9H11ClOS/c1-2-5-12-9-6-7(11)3-4-8(9)10/h3-4,6,11H,2,5H2,1H3. The fourth-order valence-corrected chi connectivity index (χ4v) is 1.93. The van der Waals surface area contributed by atoms with Crippen molar-refractivity contribution in [2.24, 2.45) is 0 Å². The molecule has 1 rings (SSSR count). The second-order valence-electron chi connectivity index (χ2n) is 2.46. The summed E-state index contributed by atoms with van der Waals surface area (Å²) >= 11 is 7.57. The Kier molecular flexibility index (Phi) is 3.76. The van der Waals surface area contributed by atoms with Gasteiger partial charge in [0.25, 0.3) is 0 Å². The Balaban J connectivity index is 2.75. The predicted molar refractivity (Wildman–Crippen MR) is 54.1 cm³/mol. The lowest BCUT2D eigenvalue weighted by molar-refractivity contribution is 0.474. The lowest BCUT2D eigenvalue weighted by atomic mass is 10.3. The molecule has 0 unspecified atom stereocenters. The molecule has 66 valence electrons. The molecule has 12 heavy (non-hydrogen) atoms. The Bertz CT molecular complexity index is 263. The van der Waals surface area contributed by atoms with E-state index in [4.69, 9.17) is 16.7 Å². The highest BCUT2D eigenvalue weighted by atomic mass is 35.5. The molecule has 0 atom stereocenters. The smallest absolute Gasteiger partial charge is 0.116 e. The summed E-state index contributed by atoms with van der Waals surface area (Å²) in [5, 5.41) is 9.88. The van der Waals surface area contributed by atoms with Crippen LogP contribution in [-0.4, -0.2) is 10.9 Å². The van der Waals surface area contributed by atoms with Crippen LogP contribution in [0.1, 0.15) is 13.3 Å². The van der Waals surface area contributed by atoms with E-state index in [1.165, 1.54) is 0 Å². The number of thioether (sulfide) groups is 1. The monoisotopic (exact) mass is 202 g/mol. The molecule has 1 aromatic carbocycles. The van der Waals surface area contributed by atoms with Crippen LogP contribution < -0.4 is 0 Å². The summed E-state index contributed by atoms with van der Waals surface area (Å²) in [6.45, 7) is 2.11. The molecule has 0 radical (unpaired) electrons. The minimum atomic E-state index is 0.276. The van der Waals surface area contributed by atoms with Crippen molar-refractivity contribution in [2.45, 2.75) is 18.2 Å². The van der Waals surface area contributed by atoms with Gasteiger partial charge in [-0.3, -0.25) is 0 Å². The summed E-state index contributed by atoms with van der Waals surface area (Å²) in [6, 6.07) is 5.01. The highest BCUT2D eigenvalue weighted by molar-refractivity contribution is 7.99. The summed E-state index contributed by atoms with van der Waals surface area (Å²) in [4.78, 5) is 0.957. The van der Waals surface area contributed by atoms with Gasteiger partial charge in [0, 0.05) is 4.90 Å². The van der Waals surface area contributed by atoms with Crippen LogP contribution >= 0.6 is 23.4 Å². The molecular formula is C9H11ClOS. The van der Waals surface area contributed by atoms with Gasteiger partial charge in [-0.2, -0.15) is 0 Å². The lowest BCUT2D eigenvalue weighted by Crippen LogP contribution is -1.77. The molecule has 0 saturated carbocycles. The molecule has 0 amide bonds. The van der Waals surface area contributed by atoms with Gasteiger partial charge in [-0.15, -0.1) is 11.8 Å². The Morgan fingerprint density at radius 3 is 2.92 bits per heavy atom. The van der Waals surface area contributed by atoms with Gasteiger partial charge in [0.05, 0.1) is 5.02 Å². The van der Waals surface area contributed by atoms with Crippen molar-refractivity contribution in [3.63, 3.8) is 0 Å². The number of phenols is 1. The van der Waals surface area contributed by atoms with Crippen molar-refractivity contribution in [2.75, 3.05) is 5.75 Å². The van der Waals surface area contributed by atoms with Gasteiger partial charge in [0.15, 0.2) is 0 Å². The molecule has 0 aromatic heterocycles. The van der Waals surface area contributed by atoms with Crippen LogP contribution in [0.5, 0.6) is 5.75 Å². The van der Waals surface area contributed by atoms with Crippen LogP contribution in [0.4, 0.5) is 0 Å². The van der Waals surface area contributed by atoms with Crippen LogP contribution in [0.25, 0.3) is 0 Å². The van der Waals surface area contributed by atoms with Crippen LogP contribution in [0.3, 0.4) is 0 Å². The molecule has 3 heteroatoms. The number of phenolic OH excluding ortho intramolecular Hbond substituents is 1. The van der Waals surface area contributed by atoms with Crippen molar-refractivity contribution in [3.05, 3.63) is 23.2 Å². The van der Waals surface area contributed by atoms with E-state index in [-0.39, 0.29) is 5.75 Å². The summed E-state index contributed by atoms with van der Waals surface area (Å²) in [5.41, 5.74) is 0. The molecule has 0 aliphatic heterocycles. The van der Waals surface area contributed by atoms with Gasteiger partial charge < -0.3 is 5.11 Å². The molecule has 1 nitrogen and oxygen atoms in total. The van der Waals surface area contributed by atoms with Crippen molar-refractivity contribution >= 4 is 23.4 Å². The van der Waals surface area contributed by atoms with Gasteiger partial charge in [-0.25, -0.2) is 0 Å². The molecule has 0 aliphatic rings. The summed E-state index contributed by atoms with van der Waals surface area (Å²) in [7, 11) is 0. The summed E-state index contributed by atoms with van der Waals surface area (Å²) in [5.74, 6) is 1.31. The van der Waals surface area contributed by atoms with E-state index in [1.807, 2.05) is 0 Å². The second-order valence-corrected chi connectivity index (χ2v) is 4.01. The third-order valence-electron chi connectivity index (χ3n) is 1.38. The maximum Gasteiger partial charge on any atom is 0.116 e. The van der Waals surface area contributed by atoms with Gasteiger partial charge in [0.1, 0.15) is 5.75 Å². The molecule has 0 fully saturated rings. The number of halogens is 1.